The van der Waals surface area contributed by atoms with Crippen LogP contribution in [0.4, 0.5) is 0 Å². The molecule has 3 aromatic carbocycles. The Morgan fingerprint density at radius 1 is 0.762 bits per heavy atom. The highest BCUT2D eigenvalue weighted by Gasteiger charge is 2.28. The number of hydrogen-bond acceptors (Lipinski definition) is 4. The maximum absolute atomic E-state index is 13.9. The van der Waals surface area contributed by atoms with Crippen molar-refractivity contribution in [1.82, 2.24) is 14.4 Å². The third-order valence-electron chi connectivity index (χ3n) is 7.88. The van der Waals surface area contributed by atoms with Crippen molar-refractivity contribution in [3.8, 4) is 28.4 Å². The number of piperazine rings is 1. The van der Waals surface area contributed by atoms with E-state index in [4.69, 9.17) is 9.47 Å². The number of carbonyl (C=O) groups is 2. The molecule has 4 aromatic rings. The number of ether oxygens (including phenoxy) is 2. The van der Waals surface area contributed by atoms with Crippen LogP contribution in [0.1, 0.15) is 51.7 Å². The number of unbranched alkanes of at least 4 members (excludes halogenated alkanes) is 1. The Hall–Kier alpha value is -4.52. The smallest absolute Gasteiger partial charge is 0.255 e. The molecule has 0 radical (unpaired) electrons. The standard InChI is InChI=1S/C35H39N3O4/c1-5-6-23-42-31-17-11-28(12-18-31)34(39)36-19-21-37(22-20-36)35(40)32-24-33(27-9-15-30(41-4)16-10-27)38(26(32)3)29-13-7-25(2)8-14-29/h7-18,24H,5-6,19-23H2,1-4H3. The Bertz CT molecular complexity index is 1510. The second kappa shape index (κ2) is 13.0. The molecule has 0 aliphatic carbocycles. The maximum Gasteiger partial charge on any atom is 0.255 e. The van der Waals surface area contributed by atoms with E-state index in [1.54, 1.807) is 7.11 Å². The SMILES string of the molecule is CCCCOc1ccc(C(=O)N2CCN(C(=O)c3cc(-c4ccc(OC)cc4)n(-c4ccc(C)cc4)c3C)CC2)cc1. The van der Waals surface area contributed by atoms with E-state index < -0.39 is 0 Å². The summed E-state index contributed by atoms with van der Waals surface area (Å²) in [5.41, 5.74) is 6.30. The van der Waals surface area contributed by atoms with Crippen LogP contribution in [-0.2, 0) is 0 Å². The molecule has 0 N–H and O–H groups in total. The van der Waals surface area contributed by atoms with Crippen molar-refractivity contribution in [2.24, 2.45) is 0 Å². The van der Waals surface area contributed by atoms with Gasteiger partial charge in [0.25, 0.3) is 11.8 Å². The first kappa shape index (κ1) is 29.0. The zero-order chi connectivity index (χ0) is 29.6. The molecule has 1 saturated heterocycles. The molecule has 7 heteroatoms. The van der Waals surface area contributed by atoms with Gasteiger partial charge in [0.15, 0.2) is 0 Å². The summed E-state index contributed by atoms with van der Waals surface area (Å²) in [6, 6.07) is 25.5. The molecule has 2 amide bonds. The molecule has 0 bridgehead atoms. The Morgan fingerprint density at radius 2 is 1.36 bits per heavy atom. The lowest BCUT2D eigenvalue weighted by Gasteiger charge is -2.35. The van der Waals surface area contributed by atoms with Crippen molar-refractivity contribution in [3.05, 3.63) is 101 Å². The van der Waals surface area contributed by atoms with Crippen LogP contribution in [0.15, 0.2) is 78.9 Å². The molecule has 7 nitrogen and oxygen atoms in total. The van der Waals surface area contributed by atoms with Gasteiger partial charge in [0.2, 0.25) is 0 Å². The number of hydrogen-bond donors (Lipinski definition) is 0. The van der Waals surface area contributed by atoms with E-state index in [0.29, 0.717) is 43.9 Å². The summed E-state index contributed by atoms with van der Waals surface area (Å²) in [5, 5.41) is 0. The van der Waals surface area contributed by atoms with E-state index in [1.165, 1.54) is 5.56 Å². The van der Waals surface area contributed by atoms with Gasteiger partial charge >= 0.3 is 0 Å². The normalized spacial score (nSPS) is 13.2. The number of amides is 2. The van der Waals surface area contributed by atoms with Gasteiger partial charge in [-0.25, -0.2) is 0 Å². The number of rotatable bonds is 9. The van der Waals surface area contributed by atoms with Crippen molar-refractivity contribution in [2.75, 3.05) is 39.9 Å². The first-order chi connectivity index (χ1) is 20.4. The van der Waals surface area contributed by atoms with E-state index in [9.17, 15) is 9.59 Å². The van der Waals surface area contributed by atoms with Gasteiger partial charge in [-0.15, -0.1) is 0 Å². The van der Waals surface area contributed by atoms with Crippen LogP contribution in [0, 0.1) is 13.8 Å². The summed E-state index contributed by atoms with van der Waals surface area (Å²) >= 11 is 0. The first-order valence-corrected chi connectivity index (χ1v) is 14.6. The monoisotopic (exact) mass is 565 g/mol. The van der Waals surface area contributed by atoms with Crippen LogP contribution in [0.5, 0.6) is 11.5 Å². The second-order valence-electron chi connectivity index (χ2n) is 10.7. The van der Waals surface area contributed by atoms with Crippen LogP contribution in [0.25, 0.3) is 16.9 Å². The minimum Gasteiger partial charge on any atom is -0.497 e. The molecule has 0 saturated carbocycles. The molecule has 42 heavy (non-hydrogen) atoms. The topological polar surface area (TPSA) is 64.0 Å². The van der Waals surface area contributed by atoms with Crippen LogP contribution >= 0.6 is 0 Å². The van der Waals surface area contributed by atoms with Gasteiger partial charge in [-0.1, -0.05) is 31.0 Å². The van der Waals surface area contributed by atoms with Crippen molar-refractivity contribution in [3.63, 3.8) is 0 Å². The summed E-state index contributed by atoms with van der Waals surface area (Å²) in [6.07, 6.45) is 2.08. The highest BCUT2D eigenvalue weighted by Crippen LogP contribution is 2.32. The molecule has 1 aliphatic rings. The highest BCUT2D eigenvalue weighted by molar-refractivity contribution is 5.98. The van der Waals surface area contributed by atoms with Crippen LogP contribution < -0.4 is 9.47 Å². The van der Waals surface area contributed by atoms with Gasteiger partial charge in [-0.05, 0) is 92.6 Å². The van der Waals surface area contributed by atoms with Crippen LogP contribution in [0.2, 0.25) is 0 Å². The van der Waals surface area contributed by atoms with Crippen molar-refractivity contribution in [1.29, 1.82) is 0 Å². The zero-order valence-corrected chi connectivity index (χ0v) is 24.9. The highest BCUT2D eigenvalue weighted by atomic mass is 16.5. The molecule has 0 atom stereocenters. The minimum atomic E-state index is -0.0225. The fourth-order valence-corrected chi connectivity index (χ4v) is 5.32. The predicted octanol–water partition coefficient (Wildman–Crippen LogP) is 6.55. The van der Waals surface area contributed by atoms with E-state index in [2.05, 4.69) is 42.7 Å². The molecule has 1 fully saturated rings. The molecule has 218 valence electrons. The van der Waals surface area contributed by atoms with E-state index >= 15 is 0 Å². The van der Waals surface area contributed by atoms with Crippen molar-refractivity contribution >= 4 is 11.8 Å². The van der Waals surface area contributed by atoms with E-state index in [-0.39, 0.29) is 11.8 Å². The number of aryl methyl sites for hydroxylation is 1. The fourth-order valence-electron chi connectivity index (χ4n) is 5.32. The number of methoxy groups -OCH3 is 1. The third kappa shape index (κ3) is 6.20. The summed E-state index contributed by atoms with van der Waals surface area (Å²) in [5.74, 6) is 1.51. The molecule has 0 spiro atoms. The molecular formula is C35H39N3O4. The first-order valence-electron chi connectivity index (χ1n) is 14.6. The van der Waals surface area contributed by atoms with Crippen LogP contribution in [0.3, 0.4) is 0 Å². The molecule has 0 unspecified atom stereocenters. The molecule has 1 aliphatic heterocycles. The van der Waals surface area contributed by atoms with E-state index in [0.717, 1.165) is 47.0 Å². The Morgan fingerprint density at radius 3 is 1.95 bits per heavy atom. The van der Waals surface area contributed by atoms with Gasteiger partial charge in [0.05, 0.1) is 25.0 Å². The summed E-state index contributed by atoms with van der Waals surface area (Å²) < 4.78 is 13.2. The molecule has 1 aromatic heterocycles. The zero-order valence-electron chi connectivity index (χ0n) is 24.9. The molecule has 5 rings (SSSR count). The maximum atomic E-state index is 13.9. The van der Waals surface area contributed by atoms with Gasteiger partial charge in [-0.2, -0.15) is 0 Å². The number of nitrogens with zero attached hydrogens (tertiary/aromatic N) is 3. The minimum absolute atomic E-state index is 0.0196. The summed E-state index contributed by atoms with van der Waals surface area (Å²) in [7, 11) is 1.65. The summed E-state index contributed by atoms with van der Waals surface area (Å²) in [4.78, 5) is 30.7. The fraction of sp³-hybridized carbons (Fsp3) is 0.314. The van der Waals surface area contributed by atoms with Crippen molar-refractivity contribution in [2.45, 2.75) is 33.6 Å². The van der Waals surface area contributed by atoms with Gasteiger partial charge in [-0.3, -0.25) is 9.59 Å². The quantitative estimate of drug-likeness (QED) is 0.216. The van der Waals surface area contributed by atoms with Gasteiger partial charge in [0.1, 0.15) is 11.5 Å². The van der Waals surface area contributed by atoms with E-state index in [1.807, 2.05) is 71.3 Å². The Kier molecular flexibility index (Phi) is 8.96. The summed E-state index contributed by atoms with van der Waals surface area (Å²) in [6.45, 7) is 8.80. The average Bonchev–Trinajstić information content (AvgIpc) is 3.38. The number of aromatic nitrogens is 1. The van der Waals surface area contributed by atoms with Gasteiger partial charge < -0.3 is 23.8 Å². The van der Waals surface area contributed by atoms with Crippen molar-refractivity contribution < 1.29 is 19.1 Å². The lowest BCUT2D eigenvalue weighted by atomic mass is 10.1. The lowest BCUT2D eigenvalue weighted by molar-refractivity contribution is 0.0535. The average molecular weight is 566 g/mol. The third-order valence-corrected chi connectivity index (χ3v) is 7.88. The molecule has 2 heterocycles. The predicted molar refractivity (Wildman–Crippen MR) is 166 cm³/mol. The lowest BCUT2D eigenvalue weighted by Crippen LogP contribution is -2.50. The molecular weight excluding hydrogens is 526 g/mol. The second-order valence-corrected chi connectivity index (χ2v) is 10.7. The Balaban J connectivity index is 1.32. The number of carbonyl (C=O) groups excluding carboxylic acids is 2. The Labute approximate surface area is 248 Å². The van der Waals surface area contributed by atoms with Crippen LogP contribution in [-0.4, -0.2) is 66.1 Å². The largest absolute Gasteiger partial charge is 0.497 e. The number of benzene rings is 3. The van der Waals surface area contributed by atoms with Gasteiger partial charge in [0, 0.05) is 43.1 Å².